The van der Waals surface area contributed by atoms with Crippen LogP contribution in [-0.2, 0) is 17.9 Å². The second-order valence-electron chi connectivity index (χ2n) is 6.42. The fourth-order valence-electron chi connectivity index (χ4n) is 3.30. The Kier molecular flexibility index (Phi) is 8.86. The molecule has 2 aliphatic rings. The van der Waals surface area contributed by atoms with Gasteiger partial charge < -0.3 is 25.0 Å². The van der Waals surface area contributed by atoms with Crippen LogP contribution in [0.3, 0.4) is 0 Å². The lowest BCUT2D eigenvalue weighted by molar-refractivity contribution is -0.0172. The fraction of sp³-hybridized carbons (Fsp3) is 0.611. The highest BCUT2D eigenvalue weighted by Gasteiger charge is 2.17. The Morgan fingerprint density at radius 1 is 1.23 bits per heavy atom. The summed E-state index contributed by atoms with van der Waals surface area (Å²) in [5.74, 6) is 1.14. The molecular formula is C18H28FIN4O2. The number of benzene rings is 1. The highest BCUT2D eigenvalue weighted by atomic mass is 127. The zero-order chi connectivity index (χ0) is 17.5. The Morgan fingerprint density at radius 3 is 2.81 bits per heavy atom. The fourth-order valence-corrected chi connectivity index (χ4v) is 3.30. The van der Waals surface area contributed by atoms with Crippen LogP contribution < -0.4 is 15.4 Å². The number of halogens is 2. The minimum atomic E-state index is -0.280. The molecule has 1 aromatic carbocycles. The number of rotatable bonds is 5. The molecule has 6 nitrogen and oxygen atoms in total. The number of aliphatic imine (C=N–C) groups is 1. The zero-order valence-corrected chi connectivity index (χ0v) is 17.6. The lowest BCUT2D eigenvalue weighted by Gasteiger charge is -2.26. The van der Waals surface area contributed by atoms with Crippen molar-refractivity contribution in [3.05, 3.63) is 29.1 Å². The topological polar surface area (TPSA) is 58.1 Å². The molecule has 0 amide bonds. The molecule has 2 heterocycles. The standard InChI is InChI=1S/C18H27FN4O2.HI/c1-20-18(21-5-8-23-6-3-2-4-7-23)22-11-14-9-16(19)10-15-12-24-13-25-17(14)15;/h9-10H,2-8,11-13H2,1H3,(H2,20,21,22);1H. The van der Waals surface area contributed by atoms with Gasteiger partial charge in [-0.1, -0.05) is 6.42 Å². The Morgan fingerprint density at radius 2 is 2.04 bits per heavy atom. The molecule has 0 bridgehead atoms. The maximum absolute atomic E-state index is 13.8. The van der Waals surface area contributed by atoms with Crippen molar-refractivity contribution < 1.29 is 13.9 Å². The van der Waals surface area contributed by atoms with Gasteiger partial charge in [-0.15, -0.1) is 24.0 Å². The summed E-state index contributed by atoms with van der Waals surface area (Å²) in [6, 6.07) is 2.96. The average molecular weight is 478 g/mol. The first-order valence-electron chi connectivity index (χ1n) is 8.95. The second kappa shape index (κ2) is 10.9. The van der Waals surface area contributed by atoms with Crippen molar-refractivity contribution in [3.8, 4) is 5.75 Å². The quantitative estimate of drug-likeness (QED) is 0.387. The van der Waals surface area contributed by atoms with Crippen LogP contribution in [0, 0.1) is 5.82 Å². The van der Waals surface area contributed by atoms with Crippen molar-refractivity contribution in [1.29, 1.82) is 0 Å². The van der Waals surface area contributed by atoms with E-state index in [4.69, 9.17) is 9.47 Å². The van der Waals surface area contributed by atoms with Crippen molar-refractivity contribution in [3.63, 3.8) is 0 Å². The van der Waals surface area contributed by atoms with E-state index in [1.807, 2.05) is 0 Å². The van der Waals surface area contributed by atoms with Crippen molar-refractivity contribution in [2.75, 3.05) is 40.0 Å². The third kappa shape index (κ3) is 5.95. The number of nitrogens with one attached hydrogen (secondary N) is 2. The maximum atomic E-state index is 13.8. The smallest absolute Gasteiger partial charge is 0.191 e. The Bertz CT molecular complexity index is 609. The predicted octanol–water partition coefficient (Wildman–Crippen LogP) is 2.46. The van der Waals surface area contributed by atoms with E-state index in [0.29, 0.717) is 24.9 Å². The van der Waals surface area contributed by atoms with E-state index < -0.39 is 0 Å². The van der Waals surface area contributed by atoms with Crippen molar-refractivity contribution in [1.82, 2.24) is 15.5 Å². The van der Waals surface area contributed by atoms with E-state index >= 15 is 0 Å². The van der Waals surface area contributed by atoms with E-state index in [1.54, 1.807) is 7.05 Å². The van der Waals surface area contributed by atoms with Crippen LogP contribution in [0.2, 0.25) is 0 Å². The molecule has 0 aliphatic carbocycles. The lowest BCUT2D eigenvalue weighted by Crippen LogP contribution is -2.42. The molecular weight excluding hydrogens is 450 g/mol. The molecule has 146 valence electrons. The normalized spacial score (nSPS) is 17.7. The number of likely N-dealkylation sites (tertiary alicyclic amines) is 1. The summed E-state index contributed by atoms with van der Waals surface area (Å²) in [6.45, 7) is 5.24. The summed E-state index contributed by atoms with van der Waals surface area (Å²) in [6.07, 6.45) is 3.93. The molecule has 1 aromatic rings. The van der Waals surface area contributed by atoms with Crippen molar-refractivity contribution in [2.45, 2.75) is 32.4 Å². The summed E-state index contributed by atoms with van der Waals surface area (Å²) in [5.41, 5.74) is 1.52. The summed E-state index contributed by atoms with van der Waals surface area (Å²) in [5, 5.41) is 6.55. The number of piperidine rings is 1. The largest absolute Gasteiger partial charge is 0.467 e. The van der Waals surface area contributed by atoms with Crippen LogP contribution in [0.1, 0.15) is 30.4 Å². The second-order valence-corrected chi connectivity index (χ2v) is 6.42. The minimum absolute atomic E-state index is 0. The zero-order valence-electron chi connectivity index (χ0n) is 15.2. The van der Waals surface area contributed by atoms with Gasteiger partial charge in [0.25, 0.3) is 0 Å². The maximum Gasteiger partial charge on any atom is 0.191 e. The molecule has 0 aromatic heterocycles. The van der Waals surface area contributed by atoms with Gasteiger partial charge in [0, 0.05) is 37.8 Å². The first kappa shape index (κ1) is 21.2. The summed E-state index contributed by atoms with van der Waals surface area (Å²) in [7, 11) is 1.74. The molecule has 1 saturated heterocycles. The molecule has 0 radical (unpaired) electrons. The molecule has 0 unspecified atom stereocenters. The summed E-state index contributed by atoms with van der Waals surface area (Å²) in [4.78, 5) is 6.71. The van der Waals surface area contributed by atoms with E-state index in [1.165, 1.54) is 44.5 Å². The van der Waals surface area contributed by atoms with E-state index in [0.717, 1.165) is 24.2 Å². The van der Waals surface area contributed by atoms with Crippen LogP contribution in [0.25, 0.3) is 0 Å². The van der Waals surface area contributed by atoms with Gasteiger partial charge in [0.2, 0.25) is 0 Å². The number of hydrogen-bond acceptors (Lipinski definition) is 4. The van der Waals surface area contributed by atoms with Gasteiger partial charge in [-0.25, -0.2) is 4.39 Å². The molecule has 26 heavy (non-hydrogen) atoms. The van der Waals surface area contributed by atoms with Gasteiger partial charge in [-0.2, -0.15) is 0 Å². The predicted molar refractivity (Wildman–Crippen MR) is 111 cm³/mol. The van der Waals surface area contributed by atoms with Crippen molar-refractivity contribution >= 4 is 29.9 Å². The van der Waals surface area contributed by atoms with Gasteiger partial charge >= 0.3 is 0 Å². The number of guanidine groups is 1. The van der Waals surface area contributed by atoms with Crippen molar-refractivity contribution in [2.24, 2.45) is 4.99 Å². The molecule has 1 fully saturated rings. The van der Waals surface area contributed by atoms with E-state index in [9.17, 15) is 4.39 Å². The number of ether oxygens (including phenoxy) is 2. The molecule has 0 saturated carbocycles. The van der Waals surface area contributed by atoms with Crippen LogP contribution in [0.4, 0.5) is 4.39 Å². The Balaban J connectivity index is 0.00000243. The molecule has 0 atom stereocenters. The van der Waals surface area contributed by atoms with Gasteiger partial charge in [-0.05, 0) is 38.1 Å². The Hall–Kier alpha value is -1.13. The molecule has 2 N–H and O–H groups in total. The van der Waals surface area contributed by atoms with Gasteiger partial charge in [0.15, 0.2) is 12.8 Å². The van der Waals surface area contributed by atoms with Gasteiger partial charge in [-0.3, -0.25) is 4.99 Å². The number of hydrogen-bond donors (Lipinski definition) is 2. The summed E-state index contributed by atoms with van der Waals surface area (Å²) < 4.78 is 24.5. The van der Waals surface area contributed by atoms with Crippen LogP contribution in [0.5, 0.6) is 5.75 Å². The monoisotopic (exact) mass is 478 g/mol. The highest BCUT2D eigenvalue weighted by Crippen LogP contribution is 2.29. The number of nitrogens with zero attached hydrogens (tertiary/aromatic N) is 2. The highest BCUT2D eigenvalue weighted by molar-refractivity contribution is 14.0. The molecule has 0 spiro atoms. The summed E-state index contributed by atoms with van der Waals surface area (Å²) >= 11 is 0. The third-order valence-corrected chi connectivity index (χ3v) is 4.59. The first-order chi connectivity index (χ1) is 12.3. The van der Waals surface area contributed by atoms with Gasteiger partial charge in [0.05, 0.1) is 6.61 Å². The molecule has 3 rings (SSSR count). The first-order valence-corrected chi connectivity index (χ1v) is 8.95. The van der Waals surface area contributed by atoms with Gasteiger partial charge in [0.1, 0.15) is 11.6 Å². The lowest BCUT2D eigenvalue weighted by atomic mass is 10.1. The average Bonchev–Trinajstić information content (AvgIpc) is 2.65. The SMILES string of the molecule is CN=C(NCCN1CCCCC1)NCc1cc(F)cc2c1OCOC2.I. The van der Waals surface area contributed by atoms with E-state index in [2.05, 4.69) is 20.5 Å². The number of fused-ring (bicyclic) bond motifs is 1. The van der Waals surface area contributed by atoms with Crippen LogP contribution in [0.15, 0.2) is 17.1 Å². The minimum Gasteiger partial charge on any atom is -0.467 e. The third-order valence-electron chi connectivity index (χ3n) is 4.59. The Labute approximate surface area is 171 Å². The van der Waals surface area contributed by atoms with Crippen LogP contribution in [-0.4, -0.2) is 50.9 Å². The van der Waals surface area contributed by atoms with E-state index in [-0.39, 0.29) is 36.6 Å². The van der Waals surface area contributed by atoms with Crippen LogP contribution >= 0.6 is 24.0 Å². The molecule has 2 aliphatic heterocycles. The molecule has 8 heteroatoms.